The number of nitrogens with zero attached hydrogens (tertiary/aromatic N) is 3. The number of likely N-dealkylation sites (N-methyl/N-ethyl adjacent to an activating group) is 1. The predicted octanol–water partition coefficient (Wildman–Crippen LogP) is 3.23. The molecule has 0 saturated carbocycles. The summed E-state index contributed by atoms with van der Waals surface area (Å²) in [7, 11) is 0. The predicted molar refractivity (Wildman–Crippen MR) is 93.1 cm³/mol. The molecule has 2 aliphatic heterocycles. The first kappa shape index (κ1) is 15.6. The van der Waals surface area contributed by atoms with Crippen LogP contribution in [0.2, 0.25) is 0 Å². The monoisotopic (exact) mass is 327 g/mol. The maximum Gasteiger partial charge on any atom is 0.289 e. The summed E-state index contributed by atoms with van der Waals surface area (Å²) in [6.07, 6.45) is 4.63. The van der Waals surface area contributed by atoms with Crippen LogP contribution in [-0.4, -0.2) is 52.4 Å². The summed E-state index contributed by atoms with van der Waals surface area (Å²) in [6.45, 7) is 7.22. The highest BCUT2D eigenvalue weighted by molar-refractivity contribution is 5.95. The van der Waals surface area contributed by atoms with Gasteiger partial charge >= 0.3 is 0 Å². The number of likely N-dealkylation sites (tertiary alicyclic amines) is 2. The lowest BCUT2D eigenvalue weighted by molar-refractivity contribution is 0.0621. The van der Waals surface area contributed by atoms with Crippen LogP contribution in [0.5, 0.6) is 0 Å². The van der Waals surface area contributed by atoms with Crippen LogP contribution in [0.15, 0.2) is 22.6 Å². The number of hydrogen-bond acceptors (Lipinski definition) is 4. The average Bonchev–Trinajstić information content (AvgIpc) is 3.30. The molecular formula is C19H25N3O2. The molecule has 5 heteroatoms. The molecule has 2 aliphatic rings. The van der Waals surface area contributed by atoms with Crippen LogP contribution >= 0.6 is 0 Å². The van der Waals surface area contributed by atoms with Crippen molar-refractivity contribution in [1.29, 1.82) is 0 Å². The van der Waals surface area contributed by atoms with E-state index in [2.05, 4.69) is 16.8 Å². The number of pyridine rings is 1. The first-order valence-corrected chi connectivity index (χ1v) is 9.09. The molecule has 24 heavy (non-hydrogen) atoms. The van der Waals surface area contributed by atoms with Crippen LogP contribution in [0.1, 0.15) is 48.9 Å². The van der Waals surface area contributed by atoms with Gasteiger partial charge in [-0.2, -0.15) is 0 Å². The van der Waals surface area contributed by atoms with Crippen LogP contribution < -0.4 is 0 Å². The number of fused-ring (bicyclic) bond motifs is 1. The van der Waals surface area contributed by atoms with Crippen molar-refractivity contribution in [2.24, 2.45) is 0 Å². The largest absolute Gasteiger partial charge is 0.449 e. The topological polar surface area (TPSA) is 49.6 Å². The van der Waals surface area contributed by atoms with E-state index in [1.165, 1.54) is 12.8 Å². The smallest absolute Gasteiger partial charge is 0.289 e. The average molecular weight is 327 g/mol. The summed E-state index contributed by atoms with van der Waals surface area (Å²) in [6, 6.07) is 6.43. The zero-order chi connectivity index (χ0) is 16.7. The summed E-state index contributed by atoms with van der Waals surface area (Å²) in [5, 5.41) is 0. The Balaban J connectivity index is 1.60. The molecule has 1 amide bonds. The van der Waals surface area contributed by atoms with Crippen molar-refractivity contribution in [2.75, 3.05) is 19.6 Å². The number of amides is 1. The molecule has 0 N–H and O–H groups in total. The highest BCUT2D eigenvalue weighted by Crippen LogP contribution is 2.31. The normalized spacial score (nSPS) is 25.0. The molecule has 0 bridgehead atoms. The Morgan fingerprint density at radius 3 is 2.88 bits per heavy atom. The summed E-state index contributed by atoms with van der Waals surface area (Å²) < 4.78 is 5.79. The standard InChI is InChI=1S/C19H25N3O2/c1-3-21-10-4-6-15(21)16-7-5-11-22(16)19(23)18-12-14-17(24-18)9-8-13(2)20-14/h8-9,12,15-16H,3-7,10-11H2,1-2H3/t15-,16+/m1/s1. The van der Waals surface area contributed by atoms with Crippen LogP contribution in [0.25, 0.3) is 11.1 Å². The first-order chi connectivity index (χ1) is 11.7. The van der Waals surface area contributed by atoms with Gasteiger partial charge in [-0.1, -0.05) is 6.92 Å². The van der Waals surface area contributed by atoms with Crippen molar-refractivity contribution in [3.8, 4) is 0 Å². The Morgan fingerprint density at radius 1 is 1.25 bits per heavy atom. The van der Waals surface area contributed by atoms with Gasteiger partial charge in [-0.3, -0.25) is 9.69 Å². The van der Waals surface area contributed by atoms with Crippen molar-refractivity contribution in [3.63, 3.8) is 0 Å². The number of rotatable bonds is 3. The molecule has 128 valence electrons. The van der Waals surface area contributed by atoms with Crippen LogP contribution in [0.3, 0.4) is 0 Å². The van der Waals surface area contributed by atoms with E-state index in [1.54, 1.807) is 6.07 Å². The maximum absolute atomic E-state index is 13.0. The van der Waals surface area contributed by atoms with Gasteiger partial charge in [-0.05, 0) is 57.8 Å². The minimum atomic E-state index is 0.0242. The van der Waals surface area contributed by atoms with Crippen LogP contribution in [-0.2, 0) is 0 Å². The Bertz CT molecular complexity index is 754. The van der Waals surface area contributed by atoms with Gasteiger partial charge in [0, 0.05) is 30.4 Å². The Morgan fingerprint density at radius 2 is 2.04 bits per heavy atom. The fraction of sp³-hybridized carbons (Fsp3) is 0.579. The van der Waals surface area contributed by atoms with Crippen molar-refractivity contribution < 1.29 is 9.21 Å². The quantitative estimate of drug-likeness (QED) is 0.868. The van der Waals surface area contributed by atoms with E-state index in [4.69, 9.17) is 4.42 Å². The summed E-state index contributed by atoms with van der Waals surface area (Å²) in [5.74, 6) is 0.451. The molecule has 2 aromatic heterocycles. The van der Waals surface area contributed by atoms with E-state index in [0.717, 1.165) is 43.7 Å². The summed E-state index contributed by atoms with van der Waals surface area (Å²) in [5.41, 5.74) is 2.40. The van der Waals surface area contributed by atoms with Gasteiger partial charge < -0.3 is 9.32 Å². The number of carbonyl (C=O) groups is 1. The third-order valence-electron chi connectivity index (χ3n) is 5.55. The molecule has 2 atom stereocenters. The zero-order valence-electron chi connectivity index (χ0n) is 14.5. The third kappa shape index (κ3) is 2.61. The summed E-state index contributed by atoms with van der Waals surface area (Å²) >= 11 is 0. The van der Waals surface area contributed by atoms with Gasteiger partial charge in [-0.25, -0.2) is 4.98 Å². The molecule has 2 aromatic rings. The molecule has 2 fully saturated rings. The van der Waals surface area contributed by atoms with Gasteiger partial charge in [0.1, 0.15) is 5.52 Å². The Kier molecular flexibility index (Phi) is 4.04. The highest BCUT2D eigenvalue weighted by Gasteiger charge is 2.40. The SMILES string of the molecule is CCN1CCC[C@@H]1[C@@H]1CCCN1C(=O)c1cc2nc(C)ccc2o1. The number of hydrogen-bond donors (Lipinski definition) is 0. The van der Waals surface area contributed by atoms with Gasteiger partial charge in [-0.15, -0.1) is 0 Å². The highest BCUT2D eigenvalue weighted by atomic mass is 16.3. The van der Waals surface area contributed by atoms with E-state index in [9.17, 15) is 4.79 Å². The molecule has 5 nitrogen and oxygen atoms in total. The lowest BCUT2D eigenvalue weighted by Crippen LogP contribution is -2.48. The minimum absolute atomic E-state index is 0.0242. The van der Waals surface area contributed by atoms with Crippen LogP contribution in [0, 0.1) is 6.92 Å². The lowest BCUT2D eigenvalue weighted by Gasteiger charge is -2.34. The van der Waals surface area contributed by atoms with Gasteiger partial charge in [0.2, 0.25) is 0 Å². The molecule has 0 unspecified atom stereocenters. The second kappa shape index (κ2) is 6.20. The molecule has 0 spiro atoms. The zero-order valence-corrected chi connectivity index (χ0v) is 14.5. The lowest BCUT2D eigenvalue weighted by atomic mass is 10.0. The fourth-order valence-electron chi connectivity index (χ4n) is 4.40. The van der Waals surface area contributed by atoms with Crippen molar-refractivity contribution in [2.45, 2.75) is 51.6 Å². The van der Waals surface area contributed by atoms with Crippen molar-refractivity contribution in [1.82, 2.24) is 14.8 Å². The van der Waals surface area contributed by atoms with E-state index in [-0.39, 0.29) is 5.91 Å². The Labute approximate surface area is 142 Å². The van der Waals surface area contributed by atoms with E-state index in [0.29, 0.717) is 23.4 Å². The first-order valence-electron chi connectivity index (χ1n) is 9.09. The second-order valence-corrected chi connectivity index (χ2v) is 6.99. The molecule has 2 saturated heterocycles. The van der Waals surface area contributed by atoms with Gasteiger partial charge in [0.05, 0.1) is 0 Å². The van der Waals surface area contributed by atoms with E-state index in [1.807, 2.05) is 24.0 Å². The van der Waals surface area contributed by atoms with Crippen molar-refractivity contribution >= 4 is 17.0 Å². The number of aryl methyl sites for hydroxylation is 1. The Hall–Kier alpha value is -1.88. The van der Waals surface area contributed by atoms with Gasteiger partial charge in [0.25, 0.3) is 5.91 Å². The molecule has 0 aliphatic carbocycles. The number of furan rings is 1. The fourth-order valence-corrected chi connectivity index (χ4v) is 4.40. The molecular weight excluding hydrogens is 302 g/mol. The number of aromatic nitrogens is 1. The van der Waals surface area contributed by atoms with Crippen molar-refractivity contribution in [3.05, 3.63) is 29.7 Å². The maximum atomic E-state index is 13.0. The van der Waals surface area contributed by atoms with E-state index < -0.39 is 0 Å². The molecule has 0 aromatic carbocycles. The molecule has 4 heterocycles. The molecule has 4 rings (SSSR count). The van der Waals surface area contributed by atoms with E-state index >= 15 is 0 Å². The third-order valence-corrected chi connectivity index (χ3v) is 5.55. The van der Waals surface area contributed by atoms with Crippen LogP contribution in [0.4, 0.5) is 0 Å². The minimum Gasteiger partial charge on any atom is -0.449 e. The second-order valence-electron chi connectivity index (χ2n) is 6.99. The summed E-state index contributed by atoms with van der Waals surface area (Å²) in [4.78, 5) is 22.1. The number of carbonyl (C=O) groups excluding carboxylic acids is 1. The van der Waals surface area contributed by atoms with Gasteiger partial charge in [0.15, 0.2) is 11.3 Å². The molecule has 0 radical (unpaired) electrons.